The Labute approximate surface area is 94.2 Å². The van der Waals surface area contributed by atoms with E-state index in [2.05, 4.69) is 5.32 Å². The largest absolute Gasteiger partial charge is 0.356 e. The van der Waals surface area contributed by atoms with E-state index in [0.29, 0.717) is 0 Å². The number of allylic oxidation sites excluding steroid dienone is 1. The Bertz CT molecular complexity index is 477. The van der Waals surface area contributed by atoms with Gasteiger partial charge in [-0.25, -0.2) is 4.39 Å². The Morgan fingerprint density at radius 3 is 2.88 bits per heavy atom. The molecular weight excluding hydrogens is 205 g/mol. The minimum absolute atomic E-state index is 0.134. The van der Waals surface area contributed by atoms with E-state index in [1.54, 1.807) is 19.2 Å². The summed E-state index contributed by atoms with van der Waals surface area (Å²) in [5.41, 5.74) is 3.95. The molecule has 1 aliphatic carbocycles. The molecular formula is C13H14FNO. The Kier molecular flexibility index (Phi) is 2.77. The molecule has 0 spiro atoms. The van der Waals surface area contributed by atoms with Gasteiger partial charge in [0.1, 0.15) is 5.82 Å². The van der Waals surface area contributed by atoms with Gasteiger partial charge in [-0.15, -0.1) is 0 Å². The molecule has 1 aromatic carbocycles. The van der Waals surface area contributed by atoms with Crippen molar-refractivity contribution in [3.63, 3.8) is 0 Å². The normalized spacial score (nSPS) is 16.3. The van der Waals surface area contributed by atoms with Gasteiger partial charge in [-0.05, 0) is 54.2 Å². The van der Waals surface area contributed by atoms with E-state index in [1.807, 2.05) is 6.92 Å². The number of amides is 1. The molecule has 2 rings (SSSR count). The SMILES string of the molecule is CNC(=O)/C=C1/CCc2c(C)cc(F)cc21. The second-order valence-corrected chi connectivity index (χ2v) is 4.03. The van der Waals surface area contributed by atoms with Gasteiger partial charge >= 0.3 is 0 Å². The number of halogens is 1. The molecule has 0 heterocycles. The van der Waals surface area contributed by atoms with Crippen molar-refractivity contribution in [2.24, 2.45) is 0 Å². The van der Waals surface area contributed by atoms with Gasteiger partial charge in [-0.3, -0.25) is 4.79 Å². The molecule has 1 N–H and O–H groups in total. The third kappa shape index (κ3) is 1.85. The molecule has 1 amide bonds. The topological polar surface area (TPSA) is 29.1 Å². The number of fused-ring (bicyclic) bond motifs is 1. The summed E-state index contributed by atoms with van der Waals surface area (Å²) in [7, 11) is 1.59. The lowest BCUT2D eigenvalue weighted by Crippen LogP contribution is -2.14. The molecule has 1 aliphatic rings. The van der Waals surface area contributed by atoms with Crippen LogP contribution in [-0.2, 0) is 11.2 Å². The van der Waals surface area contributed by atoms with E-state index in [1.165, 1.54) is 6.07 Å². The molecule has 3 heteroatoms. The average molecular weight is 219 g/mol. The number of aryl methyl sites for hydroxylation is 1. The number of rotatable bonds is 1. The van der Waals surface area contributed by atoms with Crippen molar-refractivity contribution < 1.29 is 9.18 Å². The van der Waals surface area contributed by atoms with Crippen LogP contribution in [0.5, 0.6) is 0 Å². The molecule has 1 aromatic rings. The molecule has 0 fully saturated rings. The van der Waals surface area contributed by atoms with Crippen LogP contribution < -0.4 is 5.32 Å². The minimum Gasteiger partial charge on any atom is -0.356 e. The maximum atomic E-state index is 13.3. The lowest BCUT2D eigenvalue weighted by molar-refractivity contribution is -0.116. The van der Waals surface area contributed by atoms with Gasteiger partial charge in [0.25, 0.3) is 0 Å². The van der Waals surface area contributed by atoms with E-state index in [0.717, 1.165) is 35.1 Å². The van der Waals surface area contributed by atoms with Crippen LogP contribution in [-0.4, -0.2) is 13.0 Å². The molecule has 0 bridgehead atoms. The van der Waals surface area contributed by atoms with Gasteiger partial charge in [0, 0.05) is 13.1 Å². The van der Waals surface area contributed by atoms with Crippen molar-refractivity contribution >= 4 is 11.5 Å². The standard InChI is InChI=1S/C13H14FNO/c1-8-5-10(14)7-12-9(3-4-11(8)12)6-13(16)15-2/h5-7H,3-4H2,1-2H3,(H,15,16)/b9-6-. The van der Waals surface area contributed by atoms with Crippen molar-refractivity contribution in [3.05, 3.63) is 40.7 Å². The molecule has 16 heavy (non-hydrogen) atoms. The maximum absolute atomic E-state index is 13.3. The summed E-state index contributed by atoms with van der Waals surface area (Å²) in [6.07, 6.45) is 3.27. The molecule has 0 saturated carbocycles. The monoisotopic (exact) mass is 219 g/mol. The van der Waals surface area contributed by atoms with E-state index in [9.17, 15) is 9.18 Å². The predicted molar refractivity (Wildman–Crippen MR) is 61.5 cm³/mol. The summed E-state index contributed by atoms with van der Waals surface area (Å²) in [6, 6.07) is 3.06. The molecule has 0 atom stereocenters. The molecule has 0 radical (unpaired) electrons. The van der Waals surface area contributed by atoms with Gasteiger partial charge in [-0.1, -0.05) is 0 Å². The second kappa shape index (κ2) is 4.08. The van der Waals surface area contributed by atoms with E-state index in [4.69, 9.17) is 0 Å². The third-order valence-corrected chi connectivity index (χ3v) is 2.98. The quantitative estimate of drug-likeness (QED) is 0.721. The van der Waals surface area contributed by atoms with Crippen LogP contribution in [0.15, 0.2) is 18.2 Å². The summed E-state index contributed by atoms with van der Waals surface area (Å²) in [6.45, 7) is 1.91. The zero-order chi connectivity index (χ0) is 11.7. The first kappa shape index (κ1) is 10.9. The Morgan fingerprint density at radius 1 is 1.44 bits per heavy atom. The highest BCUT2D eigenvalue weighted by molar-refractivity contribution is 5.96. The minimum atomic E-state index is -0.235. The number of benzene rings is 1. The first-order chi connectivity index (χ1) is 7.61. The number of hydrogen-bond donors (Lipinski definition) is 1. The second-order valence-electron chi connectivity index (χ2n) is 4.03. The van der Waals surface area contributed by atoms with Gasteiger partial charge in [-0.2, -0.15) is 0 Å². The van der Waals surface area contributed by atoms with E-state index >= 15 is 0 Å². The van der Waals surface area contributed by atoms with E-state index in [-0.39, 0.29) is 11.7 Å². The van der Waals surface area contributed by atoms with Crippen molar-refractivity contribution in [3.8, 4) is 0 Å². The Morgan fingerprint density at radius 2 is 2.19 bits per heavy atom. The number of carbonyl (C=O) groups excluding carboxylic acids is 1. The lowest BCUT2D eigenvalue weighted by Gasteiger charge is -2.04. The fraction of sp³-hybridized carbons (Fsp3) is 0.308. The van der Waals surface area contributed by atoms with Crippen molar-refractivity contribution in [2.75, 3.05) is 7.05 Å². The van der Waals surface area contributed by atoms with Crippen LogP contribution in [0, 0.1) is 12.7 Å². The summed E-state index contributed by atoms with van der Waals surface area (Å²) in [4.78, 5) is 11.3. The maximum Gasteiger partial charge on any atom is 0.244 e. The molecule has 0 aliphatic heterocycles. The summed E-state index contributed by atoms with van der Waals surface area (Å²) >= 11 is 0. The molecule has 2 nitrogen and oxygen atoms in total. The Hall–Kier alpha value is -1.64. The molecule has 84 valence electrons. The first-order valence-corrected chi connectivity index (χ1v) is 5.33. The zero-order valence-electron chi connectivity index (χ0n) is 9.43. The summed E-state index contributed by atoms with van der Waals surface area (Å²) in [5.74, 6) is -0.370. The van der Waals surface area contributed by atoms with Crippen molar-refractivity contribution in [2.45, 2.75) is 19.8 Å². The highest BCUT2D eigenvalue weighted by Crippen LogP contribution is 2.34. The third-order valence-electron chi connectivity index (χ3n) is 2.98. The fourth-order valence-corrected chi connectivity index (χ4v) is 2.17. The Balaban J connectivity index is 2.47. The van der Waals surface area contributed by atoms with Gasteiger partial charge in [0.05, 0.1) is 0 Å². The molecule has 0 aromatic heterocycles. The van der Waals surface area contributed by atoms with Crippen LogP contribution in [0.1, 0.15) is 23.1 Å². The first-order valence-electron chi connectivity index (χ1n) is 5.33. The van der Waals surface area contributed by atoms with Crippen molar-refractivity contribution in [1.29, 1.82) is 0 Å². The molecule has 0 unspecified atom stereocenters. The fourth-order valence-electron chi connectivity index (χ4n) is 2.17. The summed E-state index contributed by atoms with van der Waals surface area (Å²) in [5, 5.41) is 2.54. The van der Waals surface area contributed by atoms with Crippen LogP contribution in [0.3, 0.4) is 0 Å². The van der Waals surface area contributed by atoms with Crippen LogP contribution in [0.4, 0.5) is 4.39 Å². The highest BCUT2D eigenvalue weighted by Gasteiger charge is 2.19. The van der Waals surface area contributed by atoms with Crippen LogP contribution >= 0.6 is 0 Å². The smallest absolute Gasteiger partial charge is 0.244 e. The molecule has 0 saturated heterocycles. The number of hydrogen-bond acceptors (Lipinski definition) is 1. The zero-order valence-corrected chi connectivity index (χ0v) is 9.43. The summed E-state index contributed by atoms with van der Waals surface area (Å²) < 4.78 is 13.3. The van der Waals surface area contributed by atoms with Gasteiger partial charge < -0.3 is 5.32 Å². The number of carbonyl (C=O) groups is 1. The highest BCUT2D eigenvalue weighted by atomic mass is 19.1. The average Bonchev–Trinajstić information content (AvgIpc) is 2.61. The van der Waals surface area contributed by atoms with Crippen LogP contribution in [0.25, 0.3) is 5.57 Å². The van der Waals surface area contributed by atoms with Crippen molar-refractivity contribution in [1.82, 2.24) is 5.32 Å². The number of nitrogens with one attached hydrogen (secondary N) is 1. The predicted octanol–water partition coefficient (Wildman–Crippen LogP) is 2.21. The van der Waals surface area contributed by atoms with E-state index < -0.39 is 0 Å². The lowest BCUT2D eigenvalue weighted by atomic mass is 10.0. The number of likely N-dealkylation sites (N-methyl/N-ethyl adjacent to an activating group) is 1. The van der Waals surface area contributed by atoms with Gasteiger partial charge in [0.15, 0.2) is 0 Å². The van der Waals surface area contributed by atoms with Crippen LogP contribution in [0.2, 0.25) is 0 Å². The van der Waals surface area contributed by atoms with Gasteiger partial charge in [0.2, 0.25) is 5.91 Å².